The van der Waals surface area contributed by atoms with Crippen molar-refractivity contribution in [3.05, 3.63) is 0 Å². The SMILES string of the molecule is CC[C@H]1OC(=O)[C@H](C)[C@@H](O[C@H]2C[C@](C)(OC)[C@]3(CO3)C(C)O2)[C@H](C)[C@@H](O[C@@H]2OC(C)C[C@@H](N(C)C)C2O)[C@]2(C)C[C@@H](C)C(=N[C@H](C)[C@@H](O)[C@]1(C)O)O2. The summed E-state index contributed by atoms with van der Waals surface area (Å²) in [6.45, 7) is 18.9. The van der Waals surface area contributed by atoms with Crippen LogP contribution in [0.5, 0.6) is 0 Å². The third-order valence-electron chi connectivity index (χ3n) is 12.8. The zero-order valence-electron chi connectivity index (χ0n) is 33.5. The van der Waals surface area contributed by atoms with Crippen LogP contribution in [0.2, 0.25) is 0 Å². The molecule has 3 unspecified atom stereocenters. The minimum absolute atomic E-state index is 0.185. The summed E-state index contributed by atoms with van der Waals surface area (Å²) in [5.41, 5.74) is -4.20. The molecule has 2 bridgehead atoms. The summed E-state index contributed by atoms with van der Waals surface area (Å²) in [6.07, 6.45) is -5.84. The van der Waals surface area contributed by atoms with Crippen LogP contribution in [0.3, 0.4) is 0 Å². The van der Waals surface area contributed by atoms with E-state index in [9.17, 15) is 20.1 Å². The maximum atomic E-state index is 14.2. The number of nitrogens with zero attached hydrogens (tertiary/aromatic N) is 2. The van der Waals surface area contributed by atoms with Gasteiger partial charge in [-0.25, -0.2) is 4.99 Å². The lowest BCUT2D eigenvalue weighted by atomic mass is 9.78. The first-order chi connectivity index (χ1) is 24.1. The van der Waals surface area contributed by atoms with E-state index < -0.39 is 89.4 Å². The largest absolute Gasteiger partial charge is 0.472 e. The van der Waals surface area contributed by atoms with E-state index in [1.165, 1.54) is 6.92 Å². The topological polar surface area (TPSA) is 170 Å². The average molecular weight is 743 g/mol. The molecule has 52 heavy (non-hydrogen) atoms. The van der Waals surface area contributed by atoms with Crippen molar-refractivity contribution in [2.24, 2.45) is 22.7 Å². The first-order valence-corrected chi connectivity index (χ1v) is 19.2. The van der Waals surface area contributed by atoms with Crippen LogP contribution >= 0.6 is 0 Å². The Bertz CT molecular complexity index is 1290. The molecule has 5 rings (SSSR count). The second-order valence-electron chi connectivity index (χ2n) is 17.1. The molecular formula is C38H66N2O12. The van der Waals surface area contributed by atoms with Crippen molar-refractivity contribution < 1.29 is 58.0 Å². The summed E-state index contributed by atoms with van der Waals surface area (Å²) in [6, 6.07) is -1.01. The molecule has 3 N–H and O–H groups in total. The first kappa shape index (κ1) is 41.7. The van der Waals surface area contributed by atoms with Crippen molar-refractivity contribution >= 4 is 11.9 Å². The smallest absolute Gasteiger partial charge is 0.311 e. The number of ether oxygens (including phenoxy) is 8. The lowest BCUT2D eigenvalue weighted by molar-refractivity contribution is -0.312. The monoisotopic (exact) mass is 742 g/mol. The number of aliphatic hydroxyl groups excluding tert-OH is 2. The first-order valence-electron chi connectivity index (χ1n) is 19.2. The summed E-state index contributed by atoms with van der Waals surface area (Å²) >= 11 is 0. The van der Waals surface area contributed by atoms with Gasteiger partial charge in [0.2, 0.25) is 0 Å². The van der Waals surface area contributed by atoms with Crippen LogP contribution in [0.4, 0.5) is 0 Å². The van der Waals surface area contributed by atoms with Gasteiger partial charge in [-0.3, -0.25) is 4.79 Å². The molecule has 18 atom stereocenters. The molecule has 0 aliphatic carbocycles. The zero-order valence-corrected chi connectivity index (χ0v) is 33.5. The maximum absolute atomic E-state index is 14.2. The Morgan fingerprint density at radius 1 is 1.00 bits per heavy atom. The highest BCUT2D eigenvalue weighted by Crippen LogP contribution is 2.51. The molecule has 0 saturated carbocycles. The van der Waals surface area contributed by atoms with E-state index in [1.807, 2.05) is 60.5 Å². The number of hydrogen-bond donors (Lipinski definition) is 3. The highest BCUT2D eigenvalue weighted by atomic mass is 16.7. The molecule has 0 aromatic heterocycles. The van der Waals surface area contributed by atoms with Gasteiger partial charge in [0.1, 0.15) is 46.8 Å². The second-order valence-corrected chi connectivity index (χ2v) is 17.1. The molecule has 4 saturated heterocycles. The van der Waals surface area contributed by atoms with Gasteiger partial charge in [0.05, 0.1) is 36.9 Å². The normalized spacial score (nSPS) is 51.8. The van der Waals surface area contributed by atoms with Gasteiger partial charge in [-0.1, -0.05) is 20.8 Å². The lowest BCUT2D eigenvalue weighted by Crippen LogP contribution is -2.61. The van der Waals surface area contributed by atoms with Gasteiger partial charge in [-0.2, -0.15) is 0 Å². The number of epoxide rings is 1. The lowest BCUT2D eigenvalue weighted by Gasteiger charge is -2.49. The van der Waals surface area contributed by atoms with Crippen molar-refractivity contribution in [1.29, 1.82) is 0 Å². The van der Waals surface area contributed by atoms with E-state index in [-0.39, 0.29) is 30.6 Å². The van der Waals surface area contributed by atoms with Gasteiger partial charge in [0.15, 0.2) is 18.5 Å². The van der Waals surface area contributed by atoms with Crippen LogP contribution in [0.25, 0.3) is 0 Å². The number of carbonyl (C=O) groups is 1. The molecule has 14 heteroatoms. The molecule has 0 radical (unpaired) electrons. The van der Waals surface area contributed by atoms with Gasteiger partial charge >= 0.3 is 5.97 Å². The summed E-state index contributed by atoms with van der Waals surface area (Å²) < 4.78 is 51.3. The Kier molecular flexibility index (Phi) is 12.2. The molecule has 0 aromatic rings. The second kappa shape index (κ2) is 15.2. The maximum Gasteiger partial charge on any atom is 0.311 e. The summed E-state index contributed by atoms with van der Waals surface area (Å²) in [7, 11) is 5.49. The number of aliphatic imine (C=N–C) groups is 1. The number of likely N-dealkylation sites (N-methyl/N-ethyl adjacent to an activating group) is 1. The molecule has 4 fully saturated rings. The Hall–Kier alpha value is -1.46. The van der Waals surface area contributed by atoms with E-state index in [0.29, 0.717) is 31.8 Å². The summed E-state index contributed by atoms with van der Waals surface area (Å²) in [5.74, 6) is -1.89. The molecule has 0 amide bonds. The standard InChI is InChI=1S/C38H66N2O12/c1-14-26-37(10,44)30(42)23(6)39-32-19(2)16-35(8,52-32)31(51-34-28(41)25(40(11)12)15-20(3)47-34)21(4)29(22(5)33(43)49-26)50-27-17-36(9,45-13)38(18-46-38)24(7)48-27/h19-31,34,41-42,44H,14-18H2,1-13H3/t19-,20?,21+,22-,23-,24?,25-,26-,27+,28?,29+,30-,31-,34+,35+,36+,37-,38+/m1/s1. The Morgan fingerprint density at radius 2 is 1.65 bits per heavy atom. The average Bonchev–Trinajstić information content (AvgIpc) is 3.84. The highest BCUT2D eigenvalue weighted by Gasteiger charge is 2.67. The van der Waals surface area contributed by atoms with Crippen molar-refractivity contribution in [2.75, 3.05) is 27.8 Å². The molecule has 0 aromatic carbocycles. The van der Waals surface area contributed by atoms with Crippen LogP contribution < -0.4 is 0 Å². The predicted octanol–water partition coefficient (Wildman–Crippen LogP) is 2.81. The van der Waals surface area contributed by atoms with E-state index in [4.69, 9.17) is 42.9 Å². The number of aliphatic hydroxyl groups is 3. The van der Waals surface area contributed by atoms with Crippen LogP contribution in [-0.2, 0) is 42.7 Å². The van der Waals surface area contributed by atoms with Crippen molar-refractivity contribution in [3.8, 4) is 0 Å². The quantitative estimate of drug-likeness (QED) is 0.257. The van der Waals surface area contributed by atoms with Gasteiger partial charge in [0.25, 0.3) is 0 Å². The molecule has 14 nitrogen and oxygen atoms in total. The van der Waals surface area contributed by atoms with Gasteiger partial charge in [-0.05, 0) is 75.4 Å². The number of methoxy groups -OCH3 is 1. The third-order valence-corrected chi connectivity index (χ3v) is 12.8. The van der Waals surface area contributed by atoms with E-state index in [0.717, 1.165) is 0 Å². The van der Waals surface area contributed by atoms with Crippen molar-refractivity contribution in [2.45, 2.75) is 185 Å². The third kappa shape index (κ3) is 7.55. The number of rotatable bonds is 7. The van der Waals surface area contributed by atoms with Gasteiger partial charge in [-0.15, -0.1) is 0 Å². The number of cyclic esters (lactones) is 1. The Morgan fingerprint density at radius 3 is 2.23 bits per heavy atom. The fraction of sp³-hybridized carbons (Fsp3) is 0.947. The molecular weight excluding hydrogens is 676 g/mol. The minimum atomic E-state index is -1.83. The Balaban J connectivity index is 1.60. The van der Waals surface area contributed by atoms with Gasteiger partial charge in [0, 0.05) is 37.8 Å². The van der Waals surface area contributed by atoms with Crippen LogP contribution in [0, 0.1) is 17.8 Å². The van der Waals surface area contributed by atoms with E-state index in [2.05, 4.69) is 0 Å². The van der Waals surface area contributed by atoms with E-state index >= 15 is 0 Å². The molecule has 300 valence electrons. The number of esters is 1. The predicted molar refractivity (Wildman–Crippen MR) is 191 cm³/mol. The summed E-state index contributed by atoms with van der Waals surface area (Å²) in [4.78, 5) is 21.0. The van der Waals surface area contributed by atoms with E-state index in [1.54, 1.807) is 27.9 Å². The minimum Gasteiger partial charge on any atom is -0.472 e. The fourth-order valence-electron chi connectivity index (χ4n) is 9.28. The van der Waals surface area contributed by atoms with Crippen LogP contribution in [0.1, 0.15) is 94.9 Å². The highest BCUT2D eigenvalue weighted by molar-refractivity contribution is 5.81. The Labute approximate surface area is 309 Å². The summed E-state index contributed by atoms with van der Waals surface area (Å²) in [5, 5.41) is 34.7. The molecule has 1 spiro atoms. The number of fused-ring (bicyclic) bond motifs is 2. The van der Waals surface area contributed by atoms with Crippen molar-refractivity contribution in [3.63, 3.8) is 0 Å². The van der Waals surface area contributed by atoms with Crippen LogP contribution in [-0.4, -0.2) is 150 Å². The number of hydrogen-bond acceptors (Lipinski definition) is 14. The fourth-order valence-corrected chi connectivity index (χ4v) is 9.28. The van der Waals surface area contributed by atoms with Gasteiger partial charge < -0.3 is 58.1 Å². The number of carbonyl (C=O) groups excluding carboxylic acids is 1. The van der Waals surface area contributed by atoms with Crippen LogP contribution in [0.15, 0.2) is 4.99 Å². The zero-order chi connectivity index (χ0) is 38.7. The molecule has 5 aliphatic heterocycles. The van der Waals surface area contributed by atoms with Crippen molar-refractivity contribution in [1.82, 2.24) is 4.90 Å². The molecule has 5 heterocycles. The molecule has 5 aliphatic rings.